The second kappa shape index (κ2) is 5.90. The Hall–Kier alpha value is -1.71. The molecule has 0 aliphatic carbocycles. The van der Waals surface area contributed by atoms with Crippen LogP contribution in [0.1, 0.15) is 12.5 Å². The molecule has 3 heteroatoms. The van der Waals surface area contributed by atoms with Crippen molar-refractivity contribution in [1.82, 2.24) is 0 Å². The molecule has 0 fully saturated rings. The minimum absolute atomic E-state index is 0.205. The maximum absolute atomic E-state index is 8.65. The van der Waals surface area contributed by atoms with Crippen LogP contribution in [0.15, 0.2) is 40.8 Å². The molecule has 0 N–H and O–H groups in total. The van der Waals surface area contributed by atoms with E-state index in [-0.39, 0.29) is 5.57 Å². The van der Waals surface area contributed by atoms with Crippen molar-refractivity contribution in [3.8, 4) is 12.1 Å². The third kappa shape index (κ3) is 3.50. The SMILES string of the molecule is CC(SCc1ccccc1)=C(C#N)C#N. The Morgan fingerprint density at radius 3 is 2.33 bits per heavy atom. The second-order valence-corrected chi connectivity index (χ2v) is 4.12. The summed E-state index contributed by atoms with van der Waals surface area (Å²) in [5.41, 5.74) is 1.40. The van der Waals surface area contributed by atoms with E-state index in [0.29, 0.717) is 0 Å². The largest absolute Gasteiger partial charge is 0.192 e. The molecule has 1 aromatic rings. The highest BCUT2D eigenvalue weighted by molar-refractivity contribution is 8.02. The van der Waals surface area contributed by atoms with Gasteiger partial charge in [-0.25, -0.2) is 0 Å². The van der Waals surface area contributed by atoms with E-state index in [1.807, 2.05) is 42.5 Å². The normalized spacial score (nSPS) is 8.73. The molecule has 0 amide bonds. The van der Waals surface area contributed by atoms with E-state index < -0.39 is 0 Å². The quantitative estimate of drug-likeness (QED) is 0.726. The van der Waals surface area contributed by atoms with E-state index >= 15 is 0 Å². The average Bonchev–Trinajstić information content (AvgIpc) is 2.29. The zero-order valence-electron chi connectivity index (χ0n) is 8.40. The smallest absolute Gasteiger partial charge is 0.138 e. The van der Waals surface area contributed by atoms with Gasteiger partial charge in [0.1, 0.15) is 17.7 Å². The third-order valence-corrected chi connectivity index (χ3v) is 2.99. The molecular weight excluding hydrogens is 204 g/mol. The summed E-state index contributed by atoms with van der Waals surface area (Å²) < 4.78 is 0. The zero-order chi connectivity index (χ0) is 11.1. The topological polar surface area (TPSA) is 47.6 Å². The van der Waals surface area contributed by atoms with Crippen molar-refractivity contribution in [2.24, 2.45) is 0 Å². The lowest BCUT2D eigenvalue weighted by Crippen LogP contribution is -1.82. The molecule has 0 bridgehead atoms. The zero-order valence-corrected chi connectivity index (χ0v) is 9.21. The standard InChI is InChI=1S/C12H10N2S/c1-10(12(7-13)8-14)15-9-11-5-3-2-4-6-11/h2-6H,9H2,1H3. The lowest BCUT2D eigenvalue weighted by atomic mass is 10.2. The van der Waals surface area contributed by atoms with E-state index in [1.54, 1.807) is 6.92 Å². The number of allylic oxidation sites excluding steroid dienone is 2. The fourth-order valence-corrected chi connectivity index (χ4v) is 1.83. The Morgan fingerprint density at radius 2 is 1.80 bits per heavy atom. The first-order valence-electron chi connectivity index (χ1n) is 4.45. The van der Waals surface area contributed by atoms with Gasteiger partial charge >= 0.3 is 0 Å². The molecule has 0 heterocycles. The number of nitrogens with zero attached hydrogens (tertiary/aromatic N) is 2. The van der Waals surface area contributed by atoms with Gasteiger partial charge in [0.15, 0.2) is 0 Å². The van der Waals surface area contributed by atoms with Crippen LogP contribution in [0.4, 0.5) is 0 Å². The summed E-state index contributed by atoms with van der Waals surface area (Å²) >= 11 is 1.52. The van der Waals surface area contributed by atoms with Gasteiger partial charge in [-0.3, -0.25) is 0 Å². The lowest BCUT2D eigenvalue weighted by Gasteiger charge is -2.01. The summed E-state index contributed by atoms with van der Waals surface area (Å²) in [7, 11) is 0. The van der Waals surface area contributed by atoms with Gasteiger partial charge in [-0.2, -0.15) is 10.5 Å². The summed E-state index contributed by atoms with van der Waals surface area (Å²) in [5, 5.41) is 17.3. The lowest BCUT2D eigenvalue weighted by molar-refractivity contribution is 1.40. The van der Waals surface area contributed by atoms with Gasteiger partial charge < -0.3 is 0 Å². The van der Waals surface area contributed by atoms with Crippen LogP contribution in [0, 0.1) is 22.7 Å². The van der Waals surface area contributed by atoms with Crippen molar-refractivity contribution in [2.45, 2.75) is 12.7 Å². The number of rotatable bonds is 3. The summed E-state index contributed by atoms with van der Waals surface area (Å²) in [6.45, 7) is 1.80. The molecule has 0 atom stereocenters. The van der Waals surface area contributed by atoms with Gasteiger partial charge in [0.25, 0.3) is 0 Å². The fourth-order valence-electron chi connectivity index (χ4n) is 1.02. The van der Waals surface area contributed by atoms with E-state index in [0.717, 1.165) is 10.7 Å². The van der Waals surface area contributed by atoms with Crippen LogP contribution in [0.3, 0.4) is 0 Å². The van der Waals surface area contributed by atoms with Gasteiger partial charge in [-0.05, 0) is 12.5 Å². The molecule has 1 rings (SSSR count). The molecule has 2 nitrogen and oxygen atoms in total. The van der Waals surface area contributed by atoms with E-state index in [9.17, 15) is 0 Å². The van der Waals surface area contributed by atoms with Gasteiger partial charge in [-0.1, -0.05) is 30.3 Å². The van der Waals surface area contributed by atoms with Crippen molar-refractivity contribution >= 4 is 11.8 Å². The molecule has 1 aromatic carbocycles. The Balaban J connectivity index is 2.64. The van der Waals surface area contributed by atoms with Crippen molar-refractivity contribution < 1.29 is 0 Å². The predicted octanol–water partition coefficient (Wildman–Crippen LogP) is 3.24. The van der Waals surface area contributed by atoms with E-state index in [4.69, 9.17) is 10.5 Å². The van der Waals surface area contributed by atoms with Crippen molar-refractivity contribution in [3.63, 3.8) is 0 Å². The molecule has 0 saturated carbocycles. The molecule has 0 aliphatic rings. The maximum Gasteiger partial charge on any atom is 0.138 e. The van der Waals surface area contributed by atoms with Crippen LogP contribution in [-0.2, 0) is 5.75 Å². The minimum Gasteiger partial charge on any atom is -0.192 e. The summed E-state index contributed by atoms with van der Waals surface area (Å²) in [6, 6.07) is 13.7. The first kappa shape index (κ1) is 11.4. The fraction of sp³-hybridized carbons (Fsp3) is 0.167. The average molecular weight is 214 g/mol. The van der Waals surface area contributed by atoms with Crippen LogP contribution in [0.2, 0.25) is 0 Å². The second-order valence-electron chi connectivity index (χ2n) is 2.93. The Kier molecular flexibility index (Phi) is 4.47. The Labute approximate surface area is 93.8 Å². The molecule has 0 saturated heterocycles. The maximum atomic E-state index is 8.65. The summed E-state index contributed by atoms with van der Waals surface area (Å²) in [6.07, 6.45) is 0. The van der Waals surface area contributed by atoms with Crippen molar-refractivity contribution in [3.05, 3.63) is 46.4 Å². The molecule has 0 aromatic heterocycles. The highest BCUT2D eigenvalue weighted by Gasteiger charge is 2.01. The minimum atomic E-state index is 0.205. The van der Waals surface area contributed by atoms with E-state index in [1.165, 1.54) is 17.3 Å². The molecule has 0 spiro atoms. The van der Waals surface area contributed by atoms with Gasteiger partial charge in [0, 0.05) is 10.7 Å². The molecule has 0 radical (unpaired) electrons. The Bertz CT molecular complexity index is 419. The van der Waals surface area contributed by atoms with Crippen LogP contribution in [0.25, 0.3) is 0 Å². The van der Waals surface area contributed by atoms with Gasteiger partial charge in [0.2, 0.25) is 0 Å². The number of hydrogen-bond donors (Lipinski definition) is 0. The highest BCUT2D eigenvalue weighted by atomic mass is 32.2. The van der Waals surface area contributed by atoms with Crippen molar-refractivity contribution in [1.29, 1.82) is 10.5 Å². The van der Waals surface area contributed by atoms with Crippen LogP contribution in [-0.4, -0.2) is 0 Å². The first-order chi connectivity index (χ1) is 7.27. The first-order valence-corrected chi connectivity index (χ1v) is 5.44. The number of nitriles is 2. The number of thioether (sulfide) groups is 1. The molecular formula is C12H10N2S. The van der Waals surface area contributed by atoms with Crippen LogP contribution >= 0.6 is 11.8 Å². The monoisotopic (exact) mass is 214 g/mol. The van der Waals surface area contributed by atoms with Crippen molar-refractivity contribution in [2.75, 3.05) is 0 Å². The van der Waals surface area contributed by atoms with Crippen LogP contribution < -0.4 is 0 Å². The third-order valence-electron chi connectivity index (χ3n) is 1.87. The molecule has 15 heavy (non-hydrogen) atoms. The van der Waals surface area contributed by atoms with Crippen LogP contribution in [0.5, 0.6) is 0 Å². The molecule has 74 valence electrons. The van der Waals surface area contributed by atoms with Gasteiger partial charge in [0.05, 0.1) is 0 Å². The number of hydrogen-bond acceptors (Lipinski definition) is 3. The highest BCUT2D eigenvalue weighted by Crippen LogP contribution is 2.23. The molecule has 0 aliphatic heterocycles. The summed E-state index contributed by atoms with van der Waals surface area (Å²) in [4.78, 5) is 0.781. The number of benzene rings is 1. The summed E-state index contributed by atoms with van der Waals surface area (Å²) in [5.74, 6) is 0.791. The molecule has 0 unspecified atom stereocenters. The Morgan fingerprint density at radius 1 is 1.20 bits per heavy atom. The van der Waals surface area contributed by atoms with Gasteiger partial charge in [-0.15, -0.1) is 11.8 Å². The van der Waals surface area contributed by atoms with E-state index in [2.05, 4.69) is 0 Å². The predicted molar refractivity (Wildman–Crippen MR) is 61.7 cm³/mol.